The van der Waals surface area contributed by atoms with Crippen LogP contribution >= 0.6 is 0 Å². The van der Waals surface area contributed by atoms with Crippen LogP contribution in [0, 0.1) is 0 Å². The molecule has 12 aromatic carbocycles. The van der Waals surface area contributed by atoms with Crippen LogP contribution in [-0.2, 0) is 57.0 Å². The Labute approximate surface area is 733 Å². The van der Waals surface area contributed by atoms with E-state index in [1.807, 2.05) is 273 Å². The van der Waals surface area contributed by atoms with Gasteiger partial charge in [-0.1, -0.05) is 291 Å². The van der Waals surface area contributed by atoms with Crippen LogP contribution < -0.4 is 29.9 Å². The van der Waals surface area contributed by atoms with Crippen molar-refractivity contribution >= 4 is 132 Å². The van der Waals surface area contributed by atoms with Gasteiger partial charge in [-0.05, 0) is 116 Å². The van der Waals surface area contributed by atoms with Gasteiger partial charge < -0.3 is 74.8 Å². The number of rotatable bonds is 0. The molecule has 0 amide bonds. The molecule has 0 saturated heterocycles. The van der Waals surface area contributed by atoms with E-state index in [0.717, 1.165) is 165 Å². The Hall–Kier alpha value is -15.3. The minimum atomic E-state index is 0. The third-order valence-electron chi connectivity index (χ3n) is 22.5. The van der Waals surface area contributed by atoms with E-state index in [1.165, 1.54) is 0 Å². The molecule has 0 fully saturated rings. The van der Waals surface area contributed by atoms with Gasteiger partial charge in [-0.25, -0.2) is 29.9 Å². The summed E-state index contributed by atoms with van der Waals surface area (Å²) in [6.07, 6.45) is 0. The molecule has 0 N–H and O–H groups in total. The molecule has 1 radical (unpaired) electrons. The maximum absolute atomic E-state index is 4.99. The van der Waals surface area contributed by atoms with Gasteiger partial charge in [0.25, 0.3) is 0 Å². The molecule has 575 valence electrons. The molecule has 6 aliphatic heterocycles. The number of hydrogen-bond donors (Lipinski definition) is 0. The Morgan fingerprint density at radius 2 is 0.285 bits per heavy atom. The molecule has 0 unspecified atom stereocenters. The van der Waals surface area contributed by atoms with Crippen molar-refractivity contribution in [3.63, 3.8) is 0 Å². The maximum Gasteiger partial charge on any atom is 2.00 e. The van der Waals surface area contributed by atoms with Crippen molar-refractivity contribution in [2.24, 2.45) is 0 Å². The molecule has 6 aliphatic rings. The zero-order valence-electron chi connectivity index (χ0n) is 64.2. The number of benzene rings is 12. The minimum absolute atomic E-state index is 0. The maximum atomic E-state index is 4.99. The Bertz CT molecular complexity index is 6890. The molecule has 24 bridgehead atoms. The van der Waals surface area contributed by atoms with Gasteiger partial charge >= 0.3 is 57.0 Å². The summed E-state index contributed by atoms with van der Waals surface area (Å²) in [5, 5.41) is 11.3. The molecule has 27 rings (SSSR count). The van der Waals surface area contributed by atoms with Crippen molar-refractivity contribution in [2.45, 2.75) is 0 Å². The van der Waals surface area contributed by atoms with Crippen molar-refractivity contribution in [3.8, 4) is 136 Å². The van der Waals surface area contributed by atoms with Crippen molar-refractivity contribution < 1.29 is 57.0 Å². The summed E-state index contributed by atoms with van der Waals surface area (Å²) in [6, 6.07) is 103. The van der Waals surface area contributed by atoms with E-state index in [4.69, 9.17) is 105 Å². The van der Waals surface area contributed by atoms with Gasteiger partial charge in [0.2, 0.25) is 0 Å². The first-order chi connectivity index (χ1) is 59.4. The number of aromatic nitrogens is 21. The smallest absolute Gasteiger partial charge is 0.435 e. The Morgan fingerprint density at radius 1 is 0.146 bits per heavy atom. The second-order valence-corrected chi connectivity index (χ2v) is 29.5. The molecular weight excluding hydrogens is 1720 g/mol. The minimum Gasteiger partial charge on any atom is -0.435 e. The average molecular weight is 1770 g/mol. The molecule has 24 heteroatoms. The number of hydrogen-bond acceptors (Lipinski definition) is 15. The van der Waals surface area contributed by atoms with Crippen LogP contribution in [0.5, 0.6) is 0 Å². The van der Waals surface area contributed by atoms with Crippen LogP contribution in [0.15, 0.2) is 309 Å². The summed E-state index contributed by atoms with van der Waals surface area (Å²) in [6.45, 7) is 0. The number of fused-ring (bicyclic) bond motifs is 60. The van der Waals surface area contributed by atoms with E-state index < -0.39 is 0 Å². The fourth-order valence-electron chi connectivity index (χ4n) is 16.9. The normalized spacial score (nSPS) is 11.7. The quantitative estimate of drug-likeness (QED) is 0.128. The third kappa shape index (κ3) is 12.3. The topological polar surface area (TPSA) is 278 Å². The average Bonchev–Trinajstić information content (AvgIpc) is 1.61. The largest absolute Gasteiger partial charge is 2.00 e. The summed E-state index contributed by atoms with van der Waals surface area (Å²) in [5.74, 6) is 5.29. The van der Waals surface area contributed by atoms with Crippen LogP contribution in [0.2, 0.25) is 0 Å². The Morgan fingerprint density at radius 3 is 0.480 bits per heavy atom. The van der Waals surface area contributed by atoms with Crippen molar-refractivity contribution in [2.75, 3.05) is 0 Å². The van der Waals surface area contributed by atoms with Crippen LogP contribution in [0.25, 0.3) is 268 Å². The molecule has 0 spiro atoms. The van der Waals surface area contributed by atoms with Gasteiger partial charge in [-0.3, -0.25) is 0 Å². The van der Waals surface area contributed by atoms with Crippen molar-refractivity contribution in [1.82, 2.24) is 105 Å². The van der Waals surface area contributed by atoms with Crippen LogP contribution in [0.4, 0.5) is 0 Å². The Balaban J connectivity index is 0.000000109. The van der Waals surface area contributed by atoms with E-state index in [-0.39, 0.29) is 57.0 Å². The van der Waals surface area contributed by atoms with E-state index >= 15 is 0 Å². The molecule has 15 heterocycles. The van der Waals surface area contributed by atoms with E-state index in [1.54, 1.807) is 0 Å². The monoisotopic (exact) mass is 1770 g/mol. The molecule has 21 nitrogen and oxygen atoms in total. The van der Waals surface area contributed by atoms with Crippen LogP contribution in [0.3, 0.4) is 0 Å². The van der Waals surface area contributed by atoms with E-state index in [2.05, 4.69) is 36.4 Å². The van der Waals surface area contributed by atoms with Gasteiger partial charge in [0, 0.05) is 101 Å². The van der Waals surface area contributed by atoms with Crippen molar-refractivity contribution in [3.05, 3.63) is 309 Å². The van der Waals surface area contributed by atoms with E-state index in [0.29, 0.717) is 103 Å². The van der Waals surface area contributed by atoms with Gasteiger partial charge in [0.05, 0.1) is 69.5 Å². The van der Waals surface area contributed by atoms with Gasteiger partial charge in [-0.2, -0.15) is 0 Å². The standard InChI is InChI=1S/3C33H17N7.Cu.Pd.Zn/c3*1-3-11-20-18(9-1)26-17-27-19-10-2-4-12-21(19)29(35-27)37-31-23-14-6-8-16-25(23)33(39-31)40-32-24-15-7-5-13-22(24)30(38-32)36-28(20)34-26;;;/h3*1-17H;;;/q3*-2;3*+2. The summed E-state index contributed by atoms with van der Waals surface area (Å²) < 4.78 is 0. The second-order valence-electron chi connectivity index (χ2n) is 29.5. The zero-order valence-corrected chi connectivity index (χ0v) is 69.6. The number of nitrogens with zero attached hydrogens (tertiary/aromatic N) is 21. The van der Waals surface area contributed by atoms with Gasteiger partial charge in [-0.15, -0.1) is 0 Å². The van der Waals surface area contributed by atoms with Gasteiger partial charge in [0.15, 0.2) is 0 Å². The first kappa shape index (κ1) is 74.1. The zero-order chi connectivity index (χ0) is 78.6. The first-order valence-electron chi connectivity index (χ1n) is 39.1. The summed E-state index contributed by atoms with van der Waals surface area (Å²) in [7, 11) is 0. The van der Waals surface area contributed by atoms with Gasteiger partial charge in [0.1, 0.15) is 0 Å². The molecular formula is C99H51CuN21PdZn. The Kier molecular flexibility index (Phi) is 17.8. The van der Waals surface area contributed by atoms with E-state index in [9.17, 15) is 0 Å². The fourth-order valence-corrected chi connectivity index (χ4v) is 16.9. The molecule has 0 aliphatic carbocycles. The molecule has 21 aromatic rings. The predicted octanol–water partition coefficient (Wildman–Crippen LogP) is 20.2. The predicted molar refractivity (Wildman–Crippen MR) is 469 cm³/mol. The van der Waals surface area contributed by atoms with Crippen LogP contribution in [-0.4, -0.2) is 74.8 Å². The first-order valence-corrected chi connectivity index (χ1v) is 39.1. The summed E-state index contributed by atoms with van der Waals surface area (Å²) in [4.78, 5) is 104. The second kappa shape index (κ2) is 29.6. The SMILES string of the molecule is [Cu+2].[Pd+2].[Zn+2].c1ccc2c(c1)-c1cc3[n-]c(nc4nc(nc5[n-]c(nc-2n1)c1ccccc51)-c1ccccc1-4)c1ccccc31.c1ccc2c(c1)-c1cc3[n-]c(nc4nc(nc5[n-]c(nc-2n1)c1ccccc51)-c1ccccc1-4)c1ccccc31.c1ccc2c(c1)-c1cc3[n-]c(nc4nc(nc5[n-]c(nc-2n1)c1ccccc51)-c1ccccc1-4)c1ccccc31. The summed E-state index contributed by atoms with van der Waals surface area (Å²) in [5.41, 5.74) is 21.4. The van der Waals surface area contributed by atoms with Crippen molar-refractivity contribution in [1.29, 1.82) is 0 Å². The molecule has 9 aromatic heterocycles. The fraction of sp³-hybridized carbons (Fsp3) is 0. The summed E-state index contributed by atoms with van der Waals surface area (Å²) >= 11 is 0. The molecule has 123 heavy (non-hydrogen) atoms. The molecule has 0 saturated carbocycles. The molecule has 0 atom stereocenters. The third-order valence-corrected chi connectivity index (χ3v) is 22.5. The van der Waals surface area contributed by atoms with Crippen LogP contribution in [0.1, 0.15) is 0 Å².